The number of methoxy groups -OCH3 is 2. The van der Waals surface area contributed by atoms with Crippen molar-refractivity contribution in [1.29, 1.82) is 0 Å². The Morgan fingerprint density at radius 2 is 1.82 bits per heavy atom. The summed E-state index contributed by atoms with van der Waals surface area (Å²) in [6, 6.07) is 8.22. The molecular formula is C16H13FO5. The Morgan fingerprint density at radius 1 is 1.09 bits per heavy atom. The third-order valence-corrected chi connectivity index (χ3v) is 3.13. The predicted molar refractivity (Wildman–Crippen MR) is 76.7 cm³/mol. The molecule has 2 aromatic rings. The number of aromatic carboxylic acids is 1. The lowest BCUT2D eigenvalue weighted by atomic mass is 9.99. The van der Waals surface area contributed by atoms with Crippen LogP contribution in [-0.2, 0) is 4.74 Å². The van der Waals surface area contributed by atoms with Gasteiger partial charge >= 0.3 is 11.9 Å². The molecule has 0 unspecified atom stereocenters. The van der Waals surface area contributed by atoms with Crippen LogP contribution in [0.5, 0.6) is 5.75 Å². The number of esters is 1. The molecule has 2 aromatic carbocycles. The van der Waals surface area contributed by atoms with Gasteiger partial charge in [-0.3, -0.25) is 0 Å². The lowest BCUT2D eigenvalue weighted by Crippen LogP contribution is -2.04. The van der Waals surface area contributed by atoms with Crippen LogP contribution in [0.1, 0.15) is 20.7 Å². The first-order valence-electron chi connectivity index (χ1n) is 6.28. The number of rotatable bonds is 4. The van der Waals surface area contributed by atoms with Crippen LogP contribution in [0.25, 0.3) is 11.1 Å². The maximum absolute atomic E-state index is 14.3. The molecule has 0 fully saturated rings. The second kappa shape index (κ2) is 6.26. The summed E-state index contributed by atoms with van der Waals surface area (Å²) in [4.78, 5) is 22.6. The molecule has 1 N–H and O–H groups in total. The maximum Gasteiger partial charge on any atom is 0.339 e. The van der Waals surface area contributed by atoms with E-state index in [0.29, 0.717) is 0 Å². The zero-order chi connectivity index (χ0) is 16.3. The van der Waals surface area contributed by atoms with Gasteiger partial charge in [0.05, 0.1) is 19.8 Å². The lowest BCUT2D eigenvalue weighted by Gasteiger charge is -2.12. The fourth-order valence-corrected chi connectivity index (χ4v) is 2.12. The summed E-state index contributed by atoms with van der Waals surface area (Å²) in [5.74, 6) is -2.45. The molecule has 5 nitrogen and oxygen atoms in total. The van der Waals surface area contributed by atoms with Crippen molar-refractivity contribution in [2.24, 2.45) is 0 Å². The highest BCUT2D eigenvalue weighted by Crippen LogP contribution is 2.35. The van der Waals surface area contributed by atoms with E-state index in [1.54, 1.807) is 6.07 Å². The van der Waals surface area contributed by atoms with Crippen molar-refractivity contribution in [3.8, 4) is 16.9 Å². The van der Waals surface area contributed by atoms with Crippen LogP contribution in [0.4, 0.5) is 4.39 Å². The Morgan fingerprint density at radius 3 is 2.36 bits per heavy atom. The summed E-state index contributed by atoms with van der Waals surface area (Å²) in [6.07, 6.45) is 0. The number of carbonyl (C=O) groups is 2. The number of hydrogen-bond donors (Lipinski definition) is 1. The smallest absolute Gasteiger partial charge is 0.339 e. The van der Waals surface area contributed by atoms with Gasteiger partial charge in [-0.1, -0.05) is 18.2 Å². The van der Waals surface area contributed by atoms with E-state index in [1.807, 2.05) is 0 Å². The van der Waals surface area contributed by atoms with Gasteiger partial charge in [-0.15, -0.1) is 0 Å². The molecule has 0 saturated carbocycles. The third kappa shape index (κ3) is 2.76. The van der Waals surface area contributed by atoms with Crippen molar-refractivity contribution in [2.75, 3.05) is 14.2 Å². The van der Waals surface area contributed by atoms with Crippen molar-refractivity contribution in [2.45, 2.75) is 0 Å². The normalized spacial score (nSPS) is 10.1. The third-order valence-electron chi connectivity index (χ3n) is 3.13. The number of hydrogen-bond acceptors (Lipinski definition) is 4. The molecule has 0 atom stereocenters. The summed E-state index contributed by atoms with van der Waals surface area (Å²) in [7, 11) is 2.51. The first-order valence-corrected chi connectivity index (χ1v) is 6.28. The highest BCUT2D eigenvalue weighted by atomic mass is 19.1. The fraction of sp³-hybridized carbons (Fsp3) is 0.125. The molecule has 0 amide bonds. The number of benzene rings is 2. The van der Waals surface area contributed by atoms with Crippen LogP contribution in [-0.4, -0.2) is 31.3 Å². The van der Waals surface area contributed by atoms with Gasteiger partial charge in [-0.05, 0) is 18.2 Å². The van der Waals surface area contributed by atoms with Gasteiger partial charge in [-0.25, -0.2) is 14.0 Å². The monoisotopic (exact) mass is 304 g/mol. The van der Waals surface area contributed by atoms with Crippen LogP contribution in [0.2, 0.25) is 0 Å². The minimum absolute atomic E-state index is 0.0553. The Hall–Kier alpha value is -2.89. The molecule has 0 aliphatic carbocycles. The van der Waals surface area contributed by atoms with Crippen molar-refractivity contribution >= 4 is 11.9 Å². The van der Waals surface area contributed by atoms with Crippen LogP contribution >= 0.6 is 0 Å². The van der Waals surface area contributed by atoms with Gasteiger partial charge in [0, 0.05) is 11.1 Å². The second-order valence-corrected chi connectivity index (χ2v) is 4.38. The van der Waals surface area contributed by atoms with Crippen molar-refractivity contribution in [3.05, 3.63) is 53.3 Å². The minimum atomic E-state index is -1.18. The summed E-state index contributed by atoms with van der Waals surface area (Å²) < 4.78 is 23.9. The first kappa shape index (κ1) is 15.5. The molecular weight excluding hydrogens is 291 g/mol. The van der Waals surface area contributed by atoms with Gasteiger partial charge in [0.25, 0.3) is 0 Å². The van der Waals surface area contributed by atoms with E-state index in [1.165, 1.54) is 38.5 Å². The first-order chi connectivity index (χ1) is 10.5. The average molecular weight is 304 g/mol. The Balaban J connectivity index is 2.60. The molecule has 0 bridgehead atoms. The van der Waals surface area contributed by atoms with E-state index < -0.39 is 17.8 Å². The molecule has 0 heterocycles. The summed E-state index contributed by atoms with van der Waals surface area (Å²) >= 11 is 0. The van der Waals surface area contributed by atoms with Gasteiger partial charge in [-0.2, -0.15) is 0 Å². The van der Waals surface area contributed by atoms with E-state index in [9.17, 15) is 14.0 Å². The van der Waals surface area contributed by atoms with E-state index in [2.05, 4.69) is 4.74 Å². The topological polar surface area (TPSA) is 72.8 Å². The Labute approximate surface area is 125 Å². The van der Waals surface area contributed by atoms with E-state index in [-0.39, 0.29) is 28.0 Å². The Bertz CT molecular complexity index is 739. The number of ether oxygens (including phenoxy) is 2. The molecule has 0 radical (unpaired) electrons. The molecule has 0 aromatic heterocycles. The number of carboxylic acid groups (broad SMARTS) is 1. The Kier molecular flexibility index (Phi) is 4.41. The van der Waals surface area contributed by atoms with Gasteiger partial charge in [0.2, 0.25) is 0 Å². The second-order valence-electron chi connectivity index (χ2n) is 4.38. The maximum atomic E-state index is 14.3. The van der Waals surface area contributed by atoms with Crippen LogP contribution in [0.15, 0.2) is 36.4 Å². The van der Waals surface area contributed by atoms with Crippen molar-refractivity contribution in [1.82, 2.24) is 0 Å². The number of para-hydroxylation sites is 1. The quantitative estimate of drug-likeness (QED) is 0.879. The lowest BCUT2D eigenvalue weighted by molar-refractivity contribution is 0.0599. The van der Waals surface area contributed by atoms with Crippen LogP contribution in [0.3, 0.4) is 0 Å². The molecule has 0 aliphatic heterocycles. The molecule has 2 rings (SSSR count). The number of carbonyl (C=O) groups excluding carboxylic acids is 1. The van der Waals surface area contributed by atoms with Crippen molar-refractivity contribution in [3.63, 3.8) is 0 Å². The largest absolute Gasteiger partial charge is 0.495 e. The molecule has 114 valence electrons. The van der Waals surface area contributed by atoms with Crippen LogP contribution in [0, 0.1) is 5.82 Å². The molecule has 22 heavy (non-hydrogen) atoms. The standard InChI is InChI=1S/C16H13FO5/c1-21-14-11(4-3-5-12(14)15(18)19)10-7-6-9(8-13(10)17)16(20)22-2/h3-8H,1-2H3,(H,18,19). The zero-order valence-corrected chi connectivity index (χ0v) is 11.9. The van der Waals surface area contributed by atoms with Gasteiger partial charge in [0.15, 0.2) is 0 Å². The highest BCUT2D eigenvalue weighted by molar-refractivity contribution is 5.95. The van der Waals surface area contributed by atoms with Crippen molar-refractivity contribution < 1.29 is 28.6 Å². The van der Waals surface area contributed by atoms with Gasteiger partial charge < -0.3 is 14.6 Å². The molecule has 0 aliphatic rings. The van der Waals surface area contributed by atoms with Crippen LogP contribution < -0.4 is 4.74 Å². The average Bonchev–Trinajstić information content (AvgIpc) is 2.53. The molecule has 6 heteroatoms. The van der Waals surface area contributed by atoms with E-state index in [0.717, 1.165) is 6.07 Å². The van der Waals surface area contributed by atoms with E-state index >= 15 is 0 Å². The zero-order valence-electron chi connectivity index (χ0n) is 11.9. The fourth-order valence-electron chi connectivity index (χ4n) is 2.12. The molecule has 0 spiro atoms. The summed E-state index contributed by atoms with van der Waals surface area (Å²) in [6.45, 7) is 0. The predicted octanol–water partition coefficient (Wildman–Crippen LogP) is 2.99. The summed E-state index contributed by atoms with van der Waals surface area (Å²) in [5.41, 5.74) is 0.414. The molecule has 0 saturated heterocycles. The highest BCUT2D eigenvalue weighted by Gasteiger charge is 2.19. The number of carboxylic acids is 1. The minimum Gasteiger partial charge on any atom is -0.495 e. The number of halogens is 1. The SMILES string of the molecule is COC(=O)c1ccc(-c2cccc(C(=O)O)c2OC)c(F)c1. The van der Waals surface area contributed by atoms with E-state index in [4.69, 9.17) is 9.84 Å². The van der Waals surface area contributed by atoms with Gasteiger partial charge in [0.1, 0.15) is 17.1 Å². The summed E-state index contributed by atoms with van der Waals surface area (Å²) in [5, 5.41) is 9.15.